The van der Waals surface area contributed by atoms with Crippen molar-refractivity contribution in [2.75, 3.05) is 11.4 Å². The van der Waals surface area contributed by atoms with E-state index in [1.54, 1.807) is 19.9 Å². The Kier molecular flexibility index (Phi) is 3.34. The number of rotatable bonds is 3. The van der Waals surface area contributed by atoms with E-state index in [0.29, 0.717) is 0 Å². The van der Waals surface area contributed by atoms with Crippen molar-refractivity contribution in [2.45, 2.75) is 19.1 Å². The summed E-state index contributed by atoms with van der Waals surface area (Å²) in [5.74, 6) is -0.538. The van der Waals surface area contributed by atoms with Crippen LogP contribution < -0.4 is 4.31 Å². The van der Waals surface area contributed by atoms with Crippen LogP contribution in [0.2, 0.25) is 0 Å². The Balaban J connectivity index is 3.17. The fraction of sp³-hybridized carbons (Fsp3) is 0.400. The van der Waals surface area contributed by atoms with Gasteiger partial charge in [0.1, 0.15) is 5.82 Å². The Hall–Kier alpha value is -1.10. The number of halogens is 1. The molecule has 0 spiro atoms. The molecule has 0 aliphatic heterocycles. The van der Waals surface area contributed by atoms with Crippen molar-refractivity contribution < 1.29 is 12.8 Å². The molecule has 0 saturated heterocycles. The summed E-state index contributed by atoms with van der Waals surface area (Å²) < 4.78 is 37.8. The molecule has 0 radical (unpaired) electrons. The first kappa shape index (κ1) is 12.0. The van der Waals surface area contributed by atoms with Gasteiger partial charge in [-0.3, -0.25) is 4.31 Å². The molecule has 3 nitrogen and oxygen atoms in total. The molecule has 0 saturated carbocycles. The van der Waals surface area contributed by atoms with E-state index in [2.05, 4.69) is 0 Å². The number of sulfonamides is 1. The Labute approximate surface area is 89.6 Å². The van der Waals surface area contributed by atoms with Gasteiger partial charge in [0.15, 0.2) is 0 Å². The second-order valence-electron chi connectivity index (χ2n) is 3.51. The topological polar surface area (TPSA) is 37.4 Å². The lowest BCUT2D eigenvalue weighted by atomic mass is 10.3. The monoisotopic (exact) mass is 231 g/mol. The summed E-state index contributed by atoms with van der Waals surface area (Å²) >= 11 is 0. The number of hydrogen-bond donors (Lipinski definition) is 0. The van der Waals surface area contributed by atoms with Gasteiger partial charge in [0.2, 0.25) is 10.0 Å². The van der Waals surface area contributed by atoms with Crippen molar-refractivity contribution in [3.8, 4) is 0 Å². The van der Waals surface area contributed by atoms with Gasteiger partial charge in [0.25, 0.3) is 0 Å². The third-order valence-corrected chi connectivity index (χ3v) is 4.32. The highest BCUT2D eigenvalue weighted by molar-refractivity contribution is 7.93. The zero-order valence-electron chi connectivity index (χ0n) is 8.94. The van der Waals surface area contributed by atoms with Crippen LogP contribution in [0.15, 0.2) is 24.3 Å². The van der Waals surface area contributed by atoms with Crippen LogP contribution in [0.3, 0.4) is 0 Å². The molecule has 0 atom stereocenters. The van der Waals surface area contributed by atoms with E-state index in [4.69, 9.17) is 0 Å². The third-order valence-electron chi connectivity index (χ3n) is 2.17. The molecule has 0 N–H and O–H groups in total. The van der Waals surface area contributed by atoms with Gasteiger partial charge in [-0.25, -0.2) is 12.8 Å². The lowest BCUT2D eigenvalue weighted by molar-refractivity contribution is 0.581. The summed E-state index contributed by atoms with van der Waals surface area (Å²) in [5, 5.41) is -0.567. The maximum Gasteiger partial charge on any atom is 0.237 e. The summed E-state index contributed by atoms with van der Waals surface area (Å²) in [6.07, 6.45) is 0. The first-order valence-electron chi connectivity index (χ1n) is 4.59. The summed E-state index contributed by atoms with van der Waals surface area (Å²) in [6.45, 7) is 3.12. The molecule has 15 heavy (non-hydrogen) atoms. The van der Waals surface area contributed by atoms with Crippen molar-refractivity contribution in [1.82, 2.24) is 0 Å². The number of hydrogen-bond acceptors (Lipinski definition) is 2. The van der Waals surface area contributed by atoms with Crippen LogP contribution in [0.5, 0.6) is 0 Å². The van der Waals surface area contributed by atoms with Crippen molar-refractivity contribution in [3.63, 3.8) is 0 Å². The highest BCUT2D eigenvalue weighted by Gasteiger charge is 2.24. The van der Waals surface area contributed by atoms with E-state index < -0.39 is 21.1 Å². The molecule has 0 amide bonds. The molecule has 1 aromatic carbocycles. The second-order valence-corrected chi connectivity index (χ2v) is 6.03. The van der Waals surface area contributed by atoms with Crippen LogP contribution in [0.4, 0.5) is 10.1 Å². The van der Waals surface area contributed by atoms with Crippen LogP contribution in [0, 0.1) is 5.82 Å². The van der Waals surface area contributed by atoms with Crippen LogP contribution in [0.1, 0.15) is 13.8 Å². The molecule has 1 aromatic rings. The summed E-state index contributed by atoms with van der Waals surface area (Å²) in [4.78, 5) is 0. The normalized spacial score (nSPS) is 11.8. The average Bonchev–Trinajstić information content (AvgIpc) is 2.17. The highest BCUT2D eigenvalue weighted by atomic mass is 32.2. The number of para-hydroxylation sites is 1. The van der Waals surface area contributed by atoms with Crippen LogP contribution in [0.25, 0.3) is 0 Å². The van der Waals surface area contributed by atoms with Crippen molar-refractivity contribution in [1.29, 1.82) is 0 Å². The number of anilines is 1. The van der Waals surface area contributed by atoms with Gasteiger partial charge in [-0.15, -0.1) is 0 Å². The zero-order chi connectivity index (χ0) is 11.6. The van der Waals surface area contributed by atoms with Gasteiger partial charge in [-0.05, 0) is 26.0 Å². The Morgan fingerprint density at radius 3 is 2.27 bits per heavy atom. The van der Waals surface area contributed by atoms with Crippen LogP contribution in [-0.2, 0) is 10.0 Å². The first-order valence-corrected chi connectivity index (χ1v) is 6.10. The van der Waals surface area contributed by atoms with Gasteiger partial charge in [-0.2, -0.15) is 0 Å². The summed E-state index contributed by atoms with van der Waals surface area (Å²) in [6, 6.07) is 5.80. The maximum absolute atomic E-state index is 13.3. The Morgan fingerprint density at radius 2 is 1.80 bits per heavy atom. The van der Waals surface area contributed by atoms with E-state index >= 15 is 0 Å². The fourth-order valence-corrected chi connectivity index (χ4v) is 2.22. The standard InChI is InChI=1S/C10H14FNO2S/c1-8(2)15(13,14)12(3)10-7-5-4-6-9(10)11/h4-8H,1-3H3. The third kappa shape index (κ3) is 2.28. The molecule has 5 heteroatoms. The summed E-state index contributed by atoms with van der Waals surface area (Å²) in [7, 11) is -2.10. The van der Waals surface area contributed by atoms with E-state index in [-0.39, 0.29) is 5.69 Å². The minimum atomic E-state index is -3.46. The van der Waals surface area contributed by atoms with Gasteiger partial charge in [0, 0.05) is 7.05 Å². The van der Waals surface area contributed by atoms with E-state index in [0.717, 1.165) is 4.31 Å². The predicted octanol–water partition coefficient (Wildman–Crippen LogP) is 2.00. The second kappa shape index (κ2) is 4.18. The van der Waals surface area contributed by atoms with Crippen molar-refractivity contribution in [2.24, 2.45) is 0 Å². The molecule has 0 aliphatic carbocycles. The van der Waals surface area contributed by atoms with Crippen molar-refractivity contribution in [3.05, 3.63) is 30.1 Å². The minimum absolute atomic E-state index is 0.0752. The Bertz CT molecular complexity index is 442. The fourth-order valence-electron chi connectivity index (χ4n) is 1.16. The number of benzene rings is 1. The molecule has 0 unspecified atom stereocenters. The number of nitrogens with zero attached hydrogens (tertiary/aromatic N) is 1. The van der Waals surface area contributed by atoms with Crippen LogP contribution in [-0.4, -0.2) is 20.7 Å². The minimum Gasteiger partial charge on any atom is -0.270 e. The Morgan fingerprint density at radius 1 is 1.27 bits per heavy atom. The SMILES string of the molecule is CC(C)S(=O)(=O)N(C)c1ccccc1F. The smallest absolute Gasteiger partial charge is 0.237 e. The van der Waals surface area contributed by atoms with Crippen LogP contribution >= 0.6 is 0 Å². The van der Waals surface area contributed by atoms with Gasteiger partial charge in [-0.1, -0.05) is 12.1 Å². The zero-order valence-corrected chi connectivity index (χ0v) is 9.75. The lowest BCUT2D eigenvalue weighted by Crippen LogP contribution is -2.33. The average molecular weight is 231 g/mol. The molecular formula is C10H14FNO2S. The molecule has 0 bridgehead atoms. The molecule has 0 fully saturated rings. The molecule has 0 aliphatic rings. The van der Waals surface area contributed by atoms with Crippen molar-refractivity contribution >= 4 is 15.7 Å². The molecule has 84 valence electrons. The maximum atomic E-state index is 13.3. The molecule has 0 aromatic heterocycles. The molecule has 0 heterocycles. The predicted molar refractivity (Wildman–Crippen MR) is 58.9 cm³/mol. The van der Waals surface area contributed by atoms with Gasteiger partial charge in [0.05, 0.1) is 10.9 Å². The summed E-state index contributed by atoms with van der Waals surface area (Å²) in [5.41, 5.74) is 0.0752. The largest absolute Gasteiger partial charge is 0.270 e. The molecule has 1 rings (SSSR count). The molecular weight excluding hydrogens is 217 g/mol. The first-order chi connectivity index (χ1) is 6.87. The quantitative estimate of drug-likeness (QED) is 0.798. The van der Waals surface area contributed by atoms with Gasteiger partial charge >= 0.3 is 0 Å². The lowest BCUT2D eigenvalue weighted by Gasteiger charge is -2.22. The van der Waals surface area contributed by atoms with E-state index in [9.17, 15) is 12.8 Å². The van der Waals surface area contributed by atoms with E-state index in [1.807, 2.05) is 0 Å². The van der Waals surface area contributed by atoms with Gasteiger partial charge < -0.3 is 0 Å². The highest BCUT2D eigenvalue weighted by Crippen LogP contribution is 2.21. The van der Waals surface area contributed by atoms with E-state index in [1.165, 1.54) is 25.2 Å².